The molecule has 1 aliphatic heterocycles. The van der Waals surface area contributed by atoms with Gasteiger partial charge < -0.3 is 4.74 Å². The lowest BCUT2D eigenvalue weighted by Gasteiger charge is -2.28. The second-order valence-electron chi connectivity index (χ2n) is 6.15. The van der Waals surface area contributed by atoms with E-state index in [1.807, 2.05) is 0 Å². The van der Waals surface area contributed by atoms with Crippen molar-refractivity contribution in [2.45, 2.75) is 43.2 Å². The predicted octanol–water partition coefficient (Wildman–Crippen LogP) is 2.19. The quantitative estimate of drug-likeness (QED) is 0.680. The highest BCUT2D eigenvalue weighted by Crippen LogP contribution is 2.39. The summed E-state index contributed by atoms with van der Waals surface area (Å²) in [6.07, 6.45) is 1.90. The maximum Gasteiger partial charge on any atom is 0.247 e. The fraction of sp³-hybridized carbons (Fsp3) is 0.600. The molecule has 1 aromatic carbocycles. The molecule has 1 aromatic rings. The van der Waals surface area contributed by atoms with Crippen LogP contribution in [0.5, 0.6) is 5.75 Å². The number of benzene rings is 1. The van der Waals surface area contributed by atoms with Gasteiger partial charge in [-0.05, 0) is 44.4 Å². The van der Waals surface area contributed by atoms with Crippen LogP contribution < -0.4 is 4.74 Å². The molecule has 3 rings (SSSR count). The van der Waals surface area contributed by atoms with Crippen LogP contribution >= 0.6 is 15.9 Å². The summed E-state index contributed by atoms with van der Waals surface area (Å²) in [4.78, 5) is 0.0925. The molecule has 24 heavy (non-hydrogen) atoms. The Morgan fingerprint density at radius 3 is 2.50 bits per heavy atom. The summed E-state index contributed by atoms with van der Waals surface area (Å²) in [5, 5.41) is 0. The minimum absolute atomic E-state index is 0.0488. The third-order valence-electron chi connectivity index (χ3n) is 4.24. The smallest absolute Gasteiger partial charge is 0.247 e. The summed E-state index contributed by atoms with van der Waals surface area (Å²) in [5.41, 5.74) is 0. The van der Waals surface area contributed by atoms with Gasteiger partial charge in [0.1, 0.15) is 10.6 Å². The Balaban J connectivity index is 2.03. The molecule has 2 aliphatic rings. The summed E-state index contributed by atoms with van der Waals surface area (Å²) < 4.78 is 57.8. The molecule has 0 bridgehead atoms. The first-order valence-corrected chi connectivity index (χ1v) is 12.0. The summed E-state index contributed by atoms with van der Waals surface area (Å²) in [6, 6.07) is 4.28. The Labute approximate surface area is 151 Å². The van der Waals surface area contributed by atoms with E-state index in [1.54, 1.807) is 19.1 Å². The number of rotatable bonds is 6. The van der Waals surface area contributed by atoms with Crippen LogP contribution in [0.4, 0.5) is 0 Å². The summed E-state index contributed by atoms with van der Waals surface area (Å²) in [6.45, 7) is 2.14. The van der Waals surface area contributed by atoms with Gasteiger partial charge in [0, 0.05) is 16.6 Å². The molecule has 1 saturated heterocycles. The minimum Gasteiger partial charge on any atom is -0.492 e. The first-order valence-electron chi connectivity index (χ1n) is 7.91. The highest BCUT2D eigenvalue weighted by Gasteiger charge is 2.47. The van der Waals surface area contributed by atoms with Crippen LogP contribution in [0.3, 0.4) is 0 Å². The monoisotopic (exact) mass is 437 g/mol. The zero-order valence-corrected chi connectivity index (χ0v) is 16.5. The normalized spacial score (nSPS) is 23.5. The molecule has 0 radical (unpaired) electrons. The van der Waals surface area contributed by atoms with E-state index in [9.17, 15) is 16.8 Å². The van der Waals surface area contributed by atoms with Crippen molar-refractivity contribution >= 4 is 35.8 Å². The maximum absolute atomic E-state index is 13.3. The molecule has 1 aliphatic carbocycles. The average molecular weight is 438 g/mol. The number of hydrogen-bond acceptors (Lipinski definition) is 5. The van der Waals surface area contributed by atoms with Crippen LogP contribution in [-0.4, -0.2) is 51.3 Å². The number of ether oxygens (including phenoxy) is 1. The predicted molar refractivity (Wildman–Crippen MR) is 94.4 cm³/mol. The Bertz CT molecular complexity index is 833. The molecule has 0 N–H and O–H groups in total. The van der Waals surface area contributed by atoms with Gasteiger partial charge >= 0.3 is 0 Å². The molecule has 0 spiro atoms. The summed E-state index contributed by atoms with van der Waals surface area (Å²) >= 11 is 3.31. The second-order valence-corrected chi connectivity index (χ2v) is 11.1. The average Bonchev–Trinajstić information content (AvgIpc) is 3.25. The zero-order valence-electron chi connectivity index (χ0n) is 13.3. The summed E-state index contributed by atoms with van der Waals surface area (Å²) in [5.74, 6) is 0.251. The third kappa shape index (κ3) is 3.63. The van der Waals surface area contributed by atoms with Crippen LogP contribution in [0, 0.1) is 0 Å². The summed E-state index contributed by atoms with van der Waals surface area (Å²) in [7, 11) is -7.00. The molecule has 6 nitrogen and oxygen atoms in total. The van der Waals surface area contributed by atoms with E-state index in [4.69, 9.17) is 4.74 Å². The topological polar surface area (TPSA) is 80.8 Å². The maximum atomic E-state index is 13.3. The molecular weight excluding hydrogens is 418 g/mol. The van der Waals surface area contributed by atoms with Crippen LogP contribution in [0.2, 0.25) is 0 Å². The SMILES string of the molecule is CCOc1ccc(Br)cc1S(=O)(=O)N(C1CC1)[C@H]1CCS(=O)(=O)C1. The fourth-order valence-electron chi connectivity index (χ4n) is 3.07. The van der Waals surface area contributed by atoms with Crippen LogP contribution in [0.25, 0.3) is 0 Å². The van der Waals surface area contributed by atoms with Gasteiger partial charge in [0.15, 0.2) is 9.84 Å². The standard InChI is InChI=1S/C15H20BrNO5S2/c1-2-22-14-6-3-11(16)9-15(14)24(20,21)17(12-4-5-12)13-7-8-23(18,19)10-13/h3,6,9,12-13H,2,4-5,7-8,10H2,1H3/t13-/m0/s1. The number of halogens is 1. The van der Waals surface area contributed by atoms with E-state index in [2.05, 4.69) is 15.9 Å². The van der Waals surface area contributed by atoms with Gasteiger partial charge in [-0.2, -0.15) is 4.31 Å². The van der Waals surface area contributed by atoms with Crippen LogP contribution in [-0.2, 0) is 19.9 Å². The van der Waals surface area contributed by atoms with Crippen molar-refractivity contribution in [3.8, 4) is 5.75 Å². The van der Waals surface area contributed by atoms with Crippen molar-refractivity contribution in [3.05, 3.63) is 22.7 Å². The molecule has 1 atom stereocenters. The molecule has 0 amide bonds. The van der Waals surface area contributed by atoms with Gasteiger partial charge in [-0.15, -0.1) is 0 Å². The van der Waals surface area contributed by atoms with Gasteiger partial charge in [0.25, 0.3) is 0 Å². The van der Waals surface area contributed by atoms with Crippen molar-refractivity contribution in [2.75, 3.05) is 18.1 Å². The number of sulfone groups is 1. The second kappa shape index (κ2) is 6.59. The lowest BCUT2D eigenvalue weighted by Crippen LogP contribution is -2.42. The molecule has 0 aromatic heterocycles. The van der Waals surface area contributed by atoms with Gasteiger partial charge in [-0.3, -0.25) is 0 Å². The van der Waals surface area contributed by atoms with Crippen molar-refractivity contribution in [3.63, 3.8) is 0 Å². The van der Waals surface area contributed by atoms with Crippen LogP contribution in [0.15, 0.2) is 27.6 Å². The van der Waals surface area contributed by atoms with Gasteiger partial charge in [0.05, 0.1) is 18.1 Å². The van der Waals surface area contributed by atoms with Gasteiger partial charge in [-0.25, -0.2) is 16.8 Å². The Morgan fingerprint density at radius 1 is 1.25 bits per heavy atom. The van der Waals surface area contributed by atoms with Crippen molar-refractivity contribution < 1.29 is 21.6 Å². The van der Waals surface area contributed by atoms with E-state index < -0.39 is 25.9 Å². The lowest BCUT2D eigenvalue weighted by atomic mass is 10.2. The van der Waals surface area contributed by atoms with E-state index in [-0.39, 0.29) is 22.4 Å². The lowest BCUT2D eigenvalue weighted by molar-refractivity contribution is 0.317. The largest absolute Gasteiger partial charge is 0.492 e. The molecule has 1 heterocycles. The number of nitrogens with zero attached hydrogens (tertiary/aromatic N) is 1. The van der Waals surface area contributed by atoms with Crippen molar-refractivity contribution in [1.29, 1.82) is 0 Å². The molecular formula is C15H20BrNO5S2. The van der Waals surface area contributed by atoms with Crippen molar-refractivity contribution in [1.82, 2.24) is 4.31 Å². The Hall–Kier alpha value is -0.640. The third-order valence-corrected chi connectivity index (χ3v) is 8.51. The van der Waals surface area contributed by atoms with E-state index in [0.29, 0.717) is 23.2 Å². The van der Waals surface area contributed by atoms with Crippen molar-refractivity contribution in [2.24, 2.45) is 0 Å². The number of sulfonamides is 1. The highest BCUT2D eigenvalue weighted by atomic mass is 79.9. The zero-order chi connectivity index (χ0) is 17.5. The Morgan fingerprint density at radius 2 is 1.96 bits per heavy atom. The molecule has 1 saturated carbocycles. The van der Waals surface area contributed by atoms with Crippen LogP contribution in [0.1, 0.15) is 26.2 Å². The van der Waals surface area contributed by atoms with E-state index in [1.165, 1.54) is 10.4 Å². The number of hydrogen-bond donors (Lipinski definition) is 0. The fourth-order valence-corrected chi connectivity index (χ4v) is 7.45. The first kappa shape index (κ1) is 18.2. The van der Waals surface area contributed by atoms with Gasteiger partial charge in [0.2, 0.25) is 10.0 Å². The molecule has 134 valence electrons. The van der Waals surface area contributed by atoms with Gasteiger partial charge in [-0.1, -0.05) is 15.9 Å². The Kier molecular flexibility index (Phi) is 4.98. The van der Waals surface area contributed by atoms with E-state index >= 15 is 0 Å². The minimum atomic E-state index is -3.83. The highest BCUT2D eigenvalue weighted by molar-refractivity contribution is 9.10. The first-order chi connectivity index (χ1) is 11.2. The molecule has 9 heteroatoms. The molecule has 2 fully saturated rings. The van der Waals surface area contributed by atoms with E-state index in [0.717, 1.165) is 12.8 Å². The molecule has 0 unspecified atom stereocenters.